The Morgan fingerprint density at radius 2 is 1.15 bits per heavy atom. The zero-order chi connectivity index (χ0) is 45.0. The molecule has 0 spiro atoms. The molecule has 61 heavy (non-hydrogen) atoms. The molecule has 354 valence electrons. The number of allylic oxidation sites excluding steroid dienone is 8. The van der Waals surface area contributed by atoms with Gasteiger partial charge in [0.15, 0.2) is 6.29 Å². The van der Waals surface area contributed by atoms with Crippen LogP contribution in [0.3, 0.4) is 0 Å². The van der Waals surface area contributed by atoms with Crippen molar-refractivity contribution in [3.8, 4) is 0 Å². The second kappa shape index (κ2) is 37.2. The van der Waals surface area contributed by atoms with Gasteiger partial charge in [-0.2, -0.15) is 8.42 Å². The Bertz CT molecular complexity index is 1340. The molecule has 1 fully saturated rings. The van der Waals surface area contributed by atoms with Crippen molar-refractivity contribution in [1.29, 1.82) is 0 Å². The second-order valence-electron chi connectivity index (χ2n) is 16.1. The number of carbonyl (C=O) groups is 1. The van der Waals surface area contributed by atoms with Gasteiger partial charge in [0.25, 0.3) is 0 Å². The van der Waals surface area contributed by atoms with Gasteiger partial charge >= 0.3 is 10.4 Å². The maximum Gasteiger partial charge on any atom is 0.397 e. The molecule has 14 heteroatoms. The van der Waals surface area contributed by atoms with Gasteiger partial charge < -0.3 is 40.3 Å². The van der Waals surface area contributed by atoms with Gasteiger partial charge in [0.2, 0.25) is 5.91 Å². The summed E-state index contributed by atoms with van der Waals surface area (Å²) in [7, 11) is -5.13. The molecule has 8 atom stereocenters. The Morgan fingerprint density at radius 1 is 0.672 bits per heavy atom. The van der Waals surface area contributed by atoms with E-state index in [-0.39, 0.29) is 6.42 Å². The Balaban J connectivity index is 2.66. The molecule has 1 rings (SSSR count). The molecule has 0 aromatic heterocycles. The van der Waals surface area contributed by atoms with Crippen LogP contribution in [0, 0.1) is 0 Å². The highest BCUT2D eigenvalue weighted by molar-refractivity contribution is 7.80. The van der Waals surface area contributed by atoms with Crippen LogP contribution in [-0.2, 0) is 28.9 Å². The molecule has 1 aliphatic heterocycles. The predicted octanol–water partition coefficient (Wildman–Crippen LogP) is 8.02. The van der Waals surface area contributed by atoms with Gasteiger partial charge in [-0.3, -0.25) is 9.35 Å². The van der Waals surface area contributed by atoms with Crippen LogP contribution in [-0.4, -0.2) is 107 Å². The number of rotatable bonds is 38. The summed E-state index contributed by atoms with van der Waals surface area (Å²) >= 11 is 0. The van der Waals surface area contributed by atoms with Crippen molar-refractivity contribution in [1.82, 2.24) is 5.32 Å². The van der Waals surface area contributed by atoms with Crippen LogP contribution >= 0.6 is 0 Å². The van der Waals surface area contributed by atoms with Crippen molar-refractivity contribution in [3.63, 3.8) is 0 Å². The number of nitrogens with one attached hydrogen (secondary N) is 1. The molecule has 1 amide bonds. The SMILES string of the molecule is CCCCCCCC/C=C\C/C=C\CC(O)C(=O)NC(COC1OC(CO)C(O)C(OS(=O)(=O)O)C1O)C(O)/C=C/CC/C=C/CC/C=C/CCCCCCCCCCCC. The van der Waals surface area contributed by atoms with Gasteiger partial charge in [-0.15, -0.1) is 0 Å². The fraction of sp³-hybridized carbons (Fsp3) is 0.766. The number of hydrogen-bond donors (Lipinski definition) is 7. The van der Waals surface area contributed by atoms with Gasteiger partial charge in [-0.05, 0) is 57.8 Å². The molecular weight excluding hydrogens is 803 g/mol. The summed E-state index contributed by atoms with van der Waals surface area (Å²) in [5, 5.41) is 55.0. The van der Waals surface area contributed by atoms with Crippen LogP contribution in [0.15, 0.2) is 60.8 Å². The molecule has 0 aliphatic carbocycles. The number of amides is 1. The van der Waals surface area contributed by atoms with Gasteiger partial charge in [0.05, 0.1) is 25.4 Å². The Morgan fingerprint density at radius 3 is 1.67 bits per heavy atom. The van der Waals surface area contributed by atoms with E-state index in [1.807, 2.05) is 12.2 Å². The lowest BCUT2D eigenvalue weighted by atomic mass is 9.99. The smallest absolute Gasteiger partial charge is 0.394 e. The molecule has 7 N–H and O–H groups in total. The highest BCUT2D eigenvalue weighted by Crippen LogP contribution is 2.26. The van der Waals surface area contributed by atoms with E-state index in [9.17, 15) is 43.3 Å². The molecule has 1 heterocycles. The lowest BCUT2D eigenvalue weighted by molar-refractivity contribution is -0.298. The molecule has 0 radical (unpaired) electrons. The van der Waals surface area contributed by atoms with Crippen LogP contribution in [0.1, 0.15) is 168 Å². The number of aliphatic hydroxyl groups excluding tert-OH is 5. The summed E-state index contributed by atoms with van der Waals surface area (Å²) in [5.41, 5.74) is 0. The molecule has 0 bridgehead atoms. The standard InChI is InChI=1S/C47H83NO12S/c1-3-5-7-9-11-13-15-17-18-19-20-21-22-23-24-26-27-29-31-33-35-40(50)39(38-58-47-44(53)45(60-61(55,56)57)43(52)42(37-49)59-47)48-46(54)41(51)36-34-32-30-28-25-16-14-12-10-8-6-4-2/h21-22,25-28,32-35,39-45,47,49-53H,3-20,23-24,29-31,36-38H2,1-2H3,(H,48,54)(H,55,56,57)/b22-21+,27-26+,28-25-,34-32-,35-33+. The first-order valence-corrected chi connectivity index (χ1v) is 24.6. The Labute approximate surface area is 368 Å². The fourth-order valence-electron chi connectivity index (χ4n) is 6.89. The third-order valence-electron chi connectivity index (χ3n) is 10.6. The van der Waals surface area contributed by atoms with Gasteiger partial charge in [-0.1, -0.05) is 164 Å². The molecule has 1 aliphatic rings. The normalized spacial score (nSPS) is 21.7. The van der Waals surface area contributed by atoms with E-state index in [0.717, 1.165) is 38.5 Å². The van der Waals surface area contributed by atoms with Crippen molar-refractivity contribution in [2.45, 2.75) is 217 Å². The summed E-state index contributed by atoms with van der Waals surface area (Å²) in [5.74, 6) is -0.786. The van der Waals surface area contributed by atoms with Crippen molar-refractivity contribution in [2.24, 2.45) is 0 Å². The zero-order valence-corrected chi connectivity index (χ0v) is 38.1. The zero-order valence-electron chi connectivity index (χ0n) is 37.3. The number of hydrogen-bond acceptors (Lipinski definition) is 11. The third-order valence-corrected chi connectivity index (χ3v) is 11.1. The summed E-state index contributed by atoms with van der Waals surface area (Å²) < 4.78 is 47.4. The minimum absolute atomic E-state index is 0.0211. The molecule has 0 aromatic carbocycles. The minimum Gasteiger partial charge on any atom is -0.394 e. The highest BCUT2D eigenvalue weighted by atomic mass is 32.3. The molecule has 0 aromatic rings. The van der Waals surface area contributed by atoms with Crippen LogP contribution in [0.4, 0.5) is 0 Å². The van der Waals surface area contributed by atoms with Gasteiger partial charge in [-0.25, -0.2) is 4.18 Å². The summed E-state index contributed by atoms with van der Waals surface area (Å²) in [6.07, 6.45) is 34.8. The third kappa shape index (κ3) is 29.7. The van der Waals surface area contributed by atoms with Crippen molar-refractivity contribution in [2.75, 3.05) is 13.2 Å². The second-order valence-corrected chi connectivity index (χ2v) is 17.2. The van der Waals surface area contributed by atoms with E-state index in [4.69, 9.17) is 9.47 Å². The lowest BCUT2D eigenvalue weighted by Gasteiger charge is -2.41. The number of carbonyl (C=O) groups excluding carboxylic acids is 1. The highest BCUT2D eigenvalue weighted by Gasteiger charge is 2.48. The minimum atomic E-state index is -5.13. The first-order valence-electron chi connectivity index (χ1n) is 23.3. The van der Waals surface area contributed by atoms with Crippen LogP contribution in [0.5, 0.6) is 0 Å². The molecule has 13 nitrogen and oxygen atoms in total. The number of aliphatic hydroxyl groups is 5. The van der Waals surface area contributed by atoms with E-state index >= 15 is 0 Å². The topological polar surface area (TPSA) is 212 Å². The Kier molecular flexibility index (Phi) is 34.6. The predicted molar refractivity (Wildman–Crippen MR) is 242 cm³/mol. The molecular formula is C47H83NO12S. The monoisotopic (exact) mass is 886 g/mol. The average molecular weight is 886 g/mol. The quantitative estimate of drug-likeness (QED) is 0.0179. The van der Waals surface area contributed by atoms with E-state index in [0.29, 0.717) is 12.8 Å². The Hall–Kier alpha value is -2.24. The van der Waals surface area contributed by atoms with Crippen LogP contribution in [0.2, 0.25) is 0 Å². The first-order chi connectivity index (χ1) is 29.4. The number of ether oxygens (including phenoxy) is 2. The number of unbranched alkanes of at least 4 members (excludes halogenated alkanes) is 18. The largest absolute Gasteiger partial charge is 0.397 e. The average Bonchev–Trinajstić information content (AvgIpc) is 3.23. The van der Waals surface area contributed by atoms with Gasteiger partial charge in [0.1, 0.15) is 30.5 Å². The van der Waals surface area contributed by atoms with E-state index in [2.05, 4.69) is 53.7 Å². The molecule has 0 saturated carbocycles. The molecule has 8 unspecified atom stereocenters. The summed E-state index contributed by atoms with van der Waals surface area (Å²) in [6, 6.07) is -1.17. The summed E-state index contributed by atoms with van der Waals surface area (Å²) in [4.78, 5) is 13.0. The summed E-state index contributed by atoms with van der Waals surface area (Å²) in [6.45, 7) is 3.13. The van der Waals surface area contributed by atoms with Crippen LogP contribution in [0.25, 0.3) is 0 Å². The van der Waals surface area contributed by atoms with Crippen molar-refractivity contribution < 1.29 is 57.0 Å². The lowest BCUT2D eigenvalue weighted by Crippen LogP contribution is -2.61. The fourth-order valence-corrected chi connectivity index (χ4v) is 7.40. The van der Waals surface area contributed by atoms with E-state index in [1.54, 1.807) is 12.2 Å². The van der Waals surface area contributed by atoms with Gasteiger partial charge in [0, 0.05) is 6.42 Å². The van der Waals surface area contributed by atoms with Crippen LogP contribution < -0.4 is 5.32 Å². The maximum atomic E-state index is 13.0. The van der Waals surface area contributed by atoms with Crippen molar-refractivity contribution >= 4 is 16.3 Å². The first kappa shape index (κ1) is 56.8. The van der Waals surface area contributed by atoms with E-state index in [1.165, 1.54) is 102 Å². The molecule has 1 saturated heterocycles. The van der Waals surface area contributed by atoms with Crippen molar-refractivity contribution in [3.05, 3.63) is 60.8 Å². The van der Waals surface area contributed by atoms with E-state index < -0.39 is 78.5 Å². The maximum absolute atomic E-state index is 13.0.